The van der Waals surface area contributed by atoms with Gasteiger partial charge < -0.3 is 4.74 Å². The summed E-state index contributed by atoms with van der Waals surface area (Å²) in [6.07, 6.45) is 0.749. The molecule has 2 amide bonds. The summed E-state index contributed by atoms with van der Waals surface area (Å²) in [5, 5.41) is 0. The van der Waals surface area contributed by atoms with E-state index in [4.69, 9.17) is 4.74 Å². The third-order valence-electron chi connectivity index (χ3n) is 7.52. The summed E-state index contributed by atoms with van der Waals surface area (Å²) in [7, 11) is -2.06. The summed E-state index contributed by atoms with van der Waals surface area (Å²) < 4.78 is 33.1. The molecule has 2 bridgehead atoms. The molecule has 2 aliphatic carbocycles. The van der Waals surface area contributed by atoms with E-state index in [1.807, 2.05) is 6.92 Å². The number of benzene rings is 2. The van der Waals surface area contributed by atoms with E-state index in [2.05, 4.69) is 0 Å². The monoisotopic (exact) mass is 438 g/mol. The normalized spacial score (nSPS) is 35.3. The van der Waals surface area contributed by atoms with Crippen LogP contribution in [0, 0.1) is 30.6 Å². The number of sulfonamides is 1. The molecule has 2 aromatic rings. The van der Waals surface area contributed by atoms with Crippen molar-refractivity contribution in [3.8, 4) is 5.75 Å². The minimum atomic E-state index is -3.62. The van der Waals surface area contributed by atoms with Crippen molar-refractivity contribution >= 4 is 27.5 Å². The minimum Gasteiger partial charge on any atom is -0.497 e. The zero-order valence-electron chi connectivity index (χ0n) is 17.1. The number of methoxy groups -OCH3 is 1. The predicted molar refractivity (Wildman–Crippen MR) is 112 cm³/mol. The zero-order valence-corrected chi connectivity index (χ0v) is 18.0. The maximum Gasteiger partial charge on any atom is 0.243 e. The Kier molecular flexibility index (Phi) is 3.78. The number of piperidine rings is 1. The van der Waals surface area contributed by atoms with E-state index >= 15 is 0 Å². The summed E-state index contributed by atoms with van der Waals surface area (Å²) in [5.41, 5.74) is 1.54. The lowest BCUT2D eigenvalue weighted by molar-refractivity contribution is -0.123. The predicted octanol–water partition coefficient (Wildman–Crippen LogP) is 2.20. The molecule has 7 nitrogen and oxygen atoms in total. The Morgan fingerprint density at radius 2 is 1.42 bits per heavy atom. The number of hydrogen-bond acceptors (Lipinski definition) is 5. The van der Waals surface area contributed by atoms with Gasteiger partial charge in [0.25, 0.3) is 0 Å². The smallest absolute Gasteiger partial charge is 0.243 e. The fourth-order valence-electron chi connectivity index (χ4n) is 6.19. The summed E-state index contributed by atoms with van der Waals surface area (Å²) in [6.45, 7) is 1.91. The van der Waals surface area contributed by atoms with E-state index in [0.717, 1.165) is 12.0 Å². The molecule has 4 aliphatic rings. The largest absolute Gasteiger partial charge is 0.497 e. The first-order valence-corrected chi connectivity index (χ1v) is 11.9. The summed E-state index contributed by atoms with van der Waals surface area (Å²) in [6, 6.07) is 13.4. The van der Waals surface area contributed by atoms with Crippen molar-refractivity contribution in [1.29, 1.82) is 0 Å². The molecular formula is C23H22N2O5S. The number of hydrogen-bond donors (Lipinski definition) is 0. The fourth-order valence-corrected chi connectivity index (χ4v) is 8.06. The van der Waals surface area contributed by atoms with Crippen LogP contribution in [0.25, 0.3) is 0 Å². The fraction of sp³-hybridized carbons (Fsp3) is 0.391. The third-order valence-corrected chi connectivity index (χ3v) is 9.43. The number of carbonyl (C=O) groups is 2. The maximum absolute atomic E-state index is 13.3. The number of amides is 2. The van der Waals surface area contributed by atoms with Gasteiger partial charge in [-0.1, -0.05) is 17.7 Å². The lowest BCUT2D eigenvalue weighted by atomic mass is 9.81. The highest BCUT2D eigenvalue weighted by molar-refractivity contribution is 7.89. The highest BCUT2D eigenvalue weighted by Crippen LogP contribution is 2.66. The van der Waals surface area contributed by atoms with Gasteiger partial charge in [-0.25, -0.2) is 8.42 Å². The standard InChI is InChI=1S/C23H22N2O5S/c1-12-3-9-15(10-4-12)31(28,29)25-20-16-11-17(21(20)25)19-18(16)22(26)24(23(19)27)13-5-7-14(30-2)8-6-13/h3-10,16-21H,11H2,1-2H3/t16-,17+,18-,19+,20-,21+,25?. The topological polar surface area (TPSA) is 83.8 Å². The van der Waals surface area contributed by atoms with Crippen molar-refractivity contribution in [1.82, 2.24) is 4.31 Å². The van der Waals surface area contributed by atoms with Gasteiger partial charge >= 0.3 is 0 Å². The van der Waals surface area contributed by atoms with Crippen LogP contribution in [0.4, 0.5) is 5.69 Å². The van der Waals surface area contributed by atoms with Gasteiger partial charge in [-0.05, 0) is 61.6 Å². The van der Waals surface area contributed by atoms with Crippen LogP contribution in [0.5, 0.6) is 5.75 Å². The third kappa shape index (κ3) is 2.40. The molecule has 7 atom stereocenters. The van der Waals surface area contributed by atoms with Crippen molar-refractivity contribution in [2.24, 2.45) is 23.7 Å². The van der Waals surface area contributed by atoms with E-state index in [1.165, 1.54) is 4.90 Å². The van der Waals surface area contributed by atoms with Gasteiger partial charge in [-0.15, -0.1) is 0 Å². The van der Waals surface area contributed by atoms with Crippen LogP contribution in [0.1, 0.15) is 12.0 Å². The van der Waals surface area contributed by atoms with Gasteiger partial charge in [0.1, 0.15) is 5.75 Å². The average molecular weight is 439 g/mol. The molecule has 2 saturated heterocycles. The Morgan fingerprint density at radius 1 is 0.871 bits per heavy atom. The molecule has 2 heterocycles. The van der Waals surface area contributed by atoms with Gasteiger partial charge in [-0.3, -0.25) is 14.5 Å². The SMILES string of the molecule is COc1ccc(N2C(=O)[C@@H]3[C@H]4C[C@@H]([C@@H]3C2=O)[C@H]2[C@@H]4N2S(=O)(=O)c2ccc(C)cc2)cc1. The summed E-state index contributed by atoms with van der Waals surface area (Å²) in [4.78, 5) is 28.1. The molecule has 6 rings (SSSR count). The number of nitrogens with zero attached hydrogens (tertiary/aromatic N) is 2. The van der Waals surface area contributed by atoms with Crippen LogP contribution in [0.15, 0.2) is 53.4 Å². The molecule has 2 saturated carbocycles. The Labute approximate surface area is 180 Å². The number of fused-ring (bicyclic) bond motifs is 8. The van der Waals surface area contributed by atoms with Crippen molar-refractivity contribution < 1.29 is 22.7 Å². The molecule has 0 spiro atoms. The molecule has 8 heteroatoms. The van der Waals surface area contributed by atoms with Crippen LogP contribution in [0.3, 0.4) is 0 Å². The molecule has 160 valence electrons. The van der Waals surface area contributed by atoms with E-state index in [9.17, 15) is 18.0 Å². The van der Waals surface area contributed by atoms with Gasteiger partial charge in [0.2, 0.25) is 21.8 Å². The number of anilines is 1. The molecule has 0 aromatic heterocycles. The molecule has 0 radical (unpaired) electrons. The summed E-state index contributed by atoms with van der Waals surface area (Å²) in [5.74, 6) is -0.810. The highest BCUT2D eigenvalue weighted by Gasteiger charge is 2.78. The van der Waals surface area contributed by atoms with E-state index in [0.29, 0.717) is 11.4 Å². The molecule has 1 unspecified atom stereocenters. The quantitative estimate of drug-likeness (QED) is 0.540. The van der Waals surface area contributed by atoms with Crippen LogP contribution < -0.4 is 9.64 Å². The Hall–Kier alpha value is -2.71. The second-order valence-corrected chi connectivity index (χ2v) is 10.8. The first-order chi connectivity index (χ1) is 14.8. The first kappa shape index (κ1) is 19.0. The molecule has 2 aliphatic heterocycles. The number of ether oxygens (including phenoxy) is 1. The highest BCUT2D eigenvalue weighted by atomic mass is 32.2. The number of carbonyl (C=O) groups excluding carboxylic acids is 2. The second kappa shape index (κ2) is 6.17. The molecule has 31 heavy (non-hydrogen) atoms. The van der Waals surface area contributed by atoms with Crippen molar-refractivity contribution in [2.75, 3.05) is 12.0 Å². The van der Waals surface area contributed by atoms with Crippen molar-refractivity contribution in [3.63, 3.8) is 0 Å². The molecule has 2 aromatic carbocycles. The maximum atomic E-state index is 13.3. The zero-order chi connectivity index (χ0) is 21.7. The van der Waals surface area contributed by atoms with E-state index < -0.39 is 21.9 Å². The minimum absolute atomic E-state index is 0.0973. The number of aryl methyl sites for hydroxylation is 1. The average Bonchev–Trinajstić information content (AvgIpc) is 3.15. The van der Waals surface area contributed by atoms with Gasteiger partial charge in [0, 0.05) is 12.1 Å². The Bertz CT molecular complexity index is 1170. The van der Waals surface area contributed by atoms with Gasteiger partial charge in [-0.2, -0.15) is 4.31 Å². The van der Waals surface area contributed by atoms with Crippen LogP contribution in [-0.2, 0) is 19.6 Å². The van der Waals surface area contributed by atoms with Crippen molar-refractivity contribution in [3.05, 3.63) is 54.1 Å². The number of imide groups is 1. The van der Waals surface area contributed by atoms with E-state index in [-0.39, 0.29) is 40.6 Å². The van der Waals surface area contributed by atoms with Crippen molar-refractivity contribution in [2.45, 2.75) is 30.3 Å². The molecular weight excluding hydrogens is 416 g/mol. The van der Waals surface area contributed by atoms with Crippen LogP contribution >= 0.6 is 0 Å². The van der Waals surface area contributed by atoms with Crippen LogP contribution in [-0.4, -0.2) is 43.7 Å². The van der Waals surface area contributed by atoms with Gasteiger partial charge in [0.15, 0.2) is 0 Å². The van der Waals surface area contributed by atoms with Crippen LogP contribution in [0.2, 0.25) is 0 Å². The summed E-state index contributed by atoms with van der Waals surface area (Å²) >= 11 is 0. The Balaban J connectivity index is 1.29. The lowest BCUT2D eigenvalue weighted by Crippen LogP contribution is -2.34. The van der Waals surface area contributed by atoms with E-state index in [1.54, 1.807) is 59.9 Å². The lowest BCUT2D eigenvalue weighted by Gasteiger charge is -2.20. The molecule has 0 N–H and O–H groups in total. The Morgan fingerprint density at radius 3 is 1.94 bits per heavy atom. The van der Waals surface area contributed by atoms with Gasteiger partial charge in [0.05, 0.1) is 29.5 Å². The number of rotatable bonds is 4. The molecule has 4 fully saturated rings. The first-order valence-electron chi connectivity index (χ1n) is 10.5. The second-order valence-electron chi connectivity index (χ2n) is 8.95.